The zero-order chi connectivity index (χ0) is 25.5. The molecule has 1 aliphatic carbocycles. The molecule has 0 aliphatic heterocycles. The Morgan fingerprint density at radius 1 is 1.18 bits per heavy atom. The Bertz CT molecular complexity index is 911. The Labute approximate surface area is 205 Å². The lowest BCUT2D eigenvalue weighted by atomic mass is 9.93. The summed E-state index contributed by atoms with van der Waals surface area (Å²) in [5.74, 6) is -1.32. The molecule has 34 heavy (non-hydrogen) atoms. The molecule has 1 unspecified atom stereocenters. The number of carbonyl (C=O) groups is 4. The van der Waals surface area contributed by atoms with Gasteiger partial charge in [-0.25, -0.2) is 4.79 Å². The largest absolute Gasteiger partial charge is 0.508 e. The molecule has 0 saturated heterocycles. The van der Waals surface area contributed by atoms with Crippen molar-refractivity contribution in [2.75, 3.05) is 6.61 Å². The fourth-order valence-corrected chi connectivity index (χ4v) is 5.02. The van der Waals surface area contributed by atoms with E-state index in [-0.39, 0.29) is 35.7 Å². The summed E-state index contributed by atoms with van der Waals surface area (Å²) in [6, 6.07) is 3.89. The minimum absolute atomic E-state index is 0.0971. The third kappa shape index (κ3) is 7.22. The van der Waals surface area contributed by atoms with Gasteiger partial charge in [0.2, 0.25) is 11.8 Å². The highest BCUT2D eigenvalue weighted by Crippen LogP contribution is 2.32. The molecule has 2 amide bonds. The second-order valence-electron chi connectivity index (χ2n) is 9.15. The van der Waals surface area contributed by atoms with E-state index in [9.17, 15) is 24.3 Å². The molecule has 2 rings (SSSR count). The van der Waals surface area contributed by atoms with Gasteiger partial charge in [-0.3, -0.25) is 14.4 Å². The van der Waals surface area contributed by atoms with Crippen molar-refractivity contribution < 1.29 is 29.0 Å². The average Bonchev–Trinajstić information content (AvgIpc) is 3.22. The van der Waals surface area contributed by atoms with Gasteiger partial charge in [0.05, 0.1) is 11.9 Å². The van der Waals surface area contributed by atoms with Crippen molar-refractivity contribution in [2.24, 2.45) is 5.92 Å². The van der Waals surface area contributed by atoms with E-state index in [1.54, 1.807) is 19.1 Å². The normalized spacial score (nSPS) is 16.5. The van der Waals surface area contributed by atoms with Gasteiger partial charge in [0.15, 0.2) is 5.12 Å². The van der Waals surface area contributed by atoms with E-state index in [0.29, 0.717) is 12.8 Å². The maximum atomic E-state index is 13.5. The lowest BCUT2D eigenvalue weighted by Crippen LogP contribution is -2.61. The minimum atomic E-state index is -1.14. The molecule has 9 heteroatoms. The Morgan fingerprint density at radius 2 is 1.82 bits per heavy atom. The molecule has 1 saturated carbocycles. The monoisotopic (exact) mass is 492 g/mol. The van der Waals surface area contributed by atoms with Crippen LogP contribution in [0, 0.1) is 12.8 Å². The van der Waals surface area contributed by atoms with Crippen LogP contribution in [-0.4, -0.2) is 51.4 Å². The zero-order valence-corrected chi connectivity index (χ0v) is 21.4. The molecule has 0 aromatic heterocycles. The first kappa shape index (κ1) is 27.7. The van der Waals surface area contributed by atoms with Crippen molar-refractivity contribution in [3.8, 4) is 5.75 Å². The summed E-state index contributed by atoms with van der Waals surface area (Å²) in [4.78, 5) is 51.0. The summed E-state index contributed by atoms with van der Waals surface area (Å²) >= 11 is 0.962. The van der Waals surface area contributed by atoms with Crippen LogP contribution in [0.25, 0.3) is 0 Å². The Hall–Kier alpha value is -2.55. The fraction of sp³-hybridized carbons (Fsp3) is 0.600. The Morgan fingerprint density at radius 3 is 2.35 bits per heavy atom. The number of aromatic hydroxyl groups is 1. The fourth-order valence-electron chi connectivity index (χ4n) is 4.23. The zero-order valence-electron chi connectivity index (χ0n) is 20.6. The van der Waals surface area contributed by atoms with Gasteiger partial charge in [0, 0.05) is 13.3 Å². The highest BCUT2D eigenvalue weighted by atomic mass is 32.2. The van der Waals surface area contributed by atoms with Gasteiger partial charge < -0.3 is 20.5 Å². The van der Waals surface area contributed by atoms with E-state index in [4.69, 9.17) is 4.74 Å². The molecular formula is C25H36N2O6S. The van der Waals surface area contributed by atoms with Gasteiger partial charge in [0.25, 0.3) is 0 Å². The molecule has 188 valence electrons. The van der Waals surface area contributed by atoms with Gasteiger partial charge in [-0.15, -0.1) is 0 Å². The second-order valence-corrected chi connectivity index (χ2v) is 10.5. The number of ether oxygens (including phenoxy) is 1. The molecule has 1 aromatic carbocycles. The number of amides is 2. The number of nitrogens with one attached hydrogen (secondary N) is 2. The van der Waals surface area contributed by atoms with Crippen LogP contribution in [0.5, 0.6) is 5.75 Å². The molecule has 3 N–H and O–H groups in total. The van der Waals surface area contributed by atoms with Gasteiger partial charge in [-0.2, -0.15) is 0 Å². The van der Waals surface area contributed by atoms with E-state index in [2.05, 4.69) is 10.6 Å². The van der Waals surface area contributed by atoms with Crippen LogP contribution in [0.15, 0.2) is 18.2 Å². The predicted molar refractivity (Wildman–Crippen MR) is 131 cm³/mol. The van der Waals surface area contributed by atoms with Crippen molar-refractivity contribution in [1.82, 2.24) is 10.6 Å². The number of carbonyl (C=O) groups excluding carboxylic acids is 4. The van der Waals surface area contributed by atoms with E-state index < -0.39 is 28.7 Å². The number of rotatable bonds is 10. The molecular weight excluding hydrogens is 456 g/mol. The first-order valence-electron chi connectivity index (χ1n) is 11.7. The van der Waals surface area contributed by atoms with Gasteiger partial charge in [-0.1, -0.05) is 44.5 Å². The molecule has 1 fully saturated rings. The number of thioether (sulfide) groups is 1. The van der Waals surface area contributed by atoms with Crippen LogP contribution in [0.2, 0.25) is 0 Å². The number of aryl methyl sites for hydroxylation is 1. The van der Waals surface area contributed by atoms with Gasteiger partial charge in [-0.05, 0) is 55.9 Å². The Kier molecular flexibility index (Phi) is 9.97. The Balaban J connectivity index is 2.26. The third-order valence-electron chi connectivity index (χ3n) is 6.04. The SMILES string of the molecule is CCOC(=O)[C@H](Cc1ccc(O)cc1C)NC(=O)C1(NC(=O)C(SC(C)=O)C(C)C)CCCC1. The number of hydrogen-bond acceptors (Lipinski definition) is 7. The summed E-state index contributed by atoms with van der Waals surface area (Å²) in [5.41, 5.74) is 0.433. The van der Waals surface area contributed by atoms with Crippen molar-refractivity contribution >= 4 is 34.7 Å². The van der Waals surface area contributed by atoms with Crippen LogP contribution in [0.4, 0.5) is 0 Å². The van der Waals surface area contributed by atoms with Crippen molar-refractivity contribution in [1.29, 1.82) is 0 Å². The highest BCUT2D eigenvalue weighted by molar-refractivity contribution is 8.14. The summed E-state index contributed by atoms with van der Waals surface area (Å²) in [6.07, 6.45) is 2.62. The van der Waals surface area contributed by atoms with Crippen LogP contribution in [0.3, 0.4) is 0 Å². The van der Waals surface area contributed by atoms with Crippen molar-refractivity contribution in [3.05, 3.63) is 29.3 Å². The third-order valence-corrected chi connectivity index (χ3v) is 7.38. The molecule has 1 aliphatic rings. The predicted octanol–water partition coefficient (Wildman–Crippen LogP) is 3.02. The molecule has 0 bridgehead atoms. The molecule has 0 heterocycles. The van der Waals surface area contributed by atoms with E-state index in [1.807, 2.05) is 20.8 Å². The van der Waals surface area contributed by atoms with E-state index >= 15 is 0 Å². The van der Waals surface area contributed by atoms with Crippen molar-refractivity contribution in [2.45, 2.75) is 83.6 Å². The molecule has 1 aromatic rings. The van der Waals surface area contributed by atoms with E-state index in [1.165, 1.54) is 13.0 Å². The van der Waals surface area contributed by atoms with Crippen LogP contribution in [0.1, 0.15) is 64.5 Å². The first-order valence-corrected chi connectivity index (χ1v) is 12.6. The lowest BCUT2D eigenvalue weighted by molar-refractivity contribution is -0.148. The second kappa shape index (κ2) is 12.2. The van der Waals surface area contributed by atoms with Crippen LogP contribution in [-0.2, 0) is 30.3 Å². The van der Waals surface area contributed by atoms with E-state index in [0.717, 1.165) is 35.7 Å². The summed E-state index contributed by atoms with van der Waals surface area (Å²) in [7, 11) is 0. The average molecular weight is 493 g/mol. The lowest BCUT2D eigenvalue weighted by Gasteiger charge is -2.33. The van der Waals surface area contributed by atoms with Crippen LogP contribution >= 0.6 is 11.8 Å². The summed E-state index contributed by atoms with van der Waals surface area (Å²) in [5, 5.41) is 14.7. The molecule has 2 atom stereocenters. The van der Waals surface area contributed by atoms with Gasteiger partial charge in [0.1, 0.15) is 17.3 Å². The smallest absolute Gasteiger partial charge is 0.328 e. The topological polar surface area (TPSA) is 122 Å². The minimum Gasteiger partial charge on any atom is -0.508 e. The molecule has 0 spiro atoms. The maximum absolute atomic E-state index is 13.5. The quantitative estimate of drug-likeness (QED) is 0.429. The highest BCUT2D eigenvalue weighted by Gasteiger charge is 2.45. The molecule has 8 nitrogen and oxygen atoms in total. The van der Waals surface area contributed by atoms with Crippen LogP contribution < -0.4 is 10.6 Å². The number of phenols is 1. The maximum Gasteiger partial charge on any atom is 0.328 e. The first-order chi connectivity index (χ1) is 16.0. The standard InChI is InChI=1S/C25H36N2O6S/c1-6-33-23(31)20(14-18-9-10-19(29)13-16(18)4)26-24(32)25(11-7-8-12-25)27-22(30)21(15(2)3)34-17(5)28/h9-10,13,15,20-21,29H,6-8,11-12,14H2,1-5H3,(H,26,32)(H,27,30)/t20-,21?/m0/s1. The number of benzene rings is 1. The molecule has 0 radical (unpaired) electrons. The van der Waals surface area contributed by atoms with Crippen molar-refractivity contribution in [3.63, 3.8) is 0 Å². The number of phenolic OH excluding ortho intramolecular Hbond substituents is 1. The number of hydrogen-bond donors (Lipinski definition) is 3. The van der Waals surface area contributed by atoms with Gasteiger partial charge >= 0.3 is 5.97 Å². The summed E-state index contributed by atoms with van der Waals surface area (Å²) in [6.45, 7) is 8.81. The summed E-state index contributed by atoms with van der Waals surface area (Å²) < 4.78 is 5.20. The number of esters is 1.